The maximum atomic E-state index is 13.4. The molecule has 1 aromatic carbocycles. The number of nitrogens with one attached hydrogen (secondary N) is 4. The van der Waals surface area contributed by atoms with E-state index in [1.54, 1.807) is 24.3 Å². The van der Waals surface area contributed by atoms with Gasteiger partial charge >= 0.3 is 0 Å². The molecule has 4 N–H and O–H groups in total. The number of fused-ring (bicyclic) bond motifs is 3. The van der Waals surface area contributed by atoms with Crippen molar-refractivity contribution in [2.75, 3.05) is 44.6 Å². The number of anilines is 1. The number of benzene rings is 1. The average Bonchev–Trinajstić information content (AvgIpc) is 3.53. The summed E-state index contributed by atoms with van der Waals surface area (Å²) in [6, 6.07) is 15.0. The summed E-state index contributed by atoms with van der Waals surface area (Å²) in [5, 5.41) is 23.6. The van der Waals surface area contributed by atoms with Crippen molar-refractivity contribution in [1.29, 1.82) is 0 Å². The third-order valence-electron chi connectivity index (χ3n) is 7.02. The molecule has 0 aliphatic carbocycles. The molecule has 234 valence electrons. The zero-order chi connectivity index (χ0) is 31.4. The molecule has 5 rings (SSSR count). The number of carbonyl (C=O) groups is 4. The first-order chi connectivity index (χ1) is 21.9. The van der Waals surface area contributed by atoms with E-state index in [4.69, 9.17) is 4.74 Å². The van der Waals surface area contributed by atoms with E-state index in [1.165, 1.54) is 21.9 Å². The minimum atomic E-state index is -0.895. The van der Waals surface area contributed by atoms with Crippen LogP contribution < -0.4 is 26.0 Å². The van der Waals surface area contributed by atoms with Gasteiger partial charge < -0.3 is 30.9 Å². The number of hydrogen-bond acceptors (Lipinski definition) is 10. The van der Waals surface area contributed by atoms with Gasteiger partial charge in [-0.1, -0.05) is 30.3 Å². The molecule has 15 nitrogen and oxygen atoms in total. The molecular weight excluding hydrogens is 580 g/mol. The fraction of sp³-hybridized carbons (Fsp3) is 0.333. The van der Waals surface area contributed by atoms with Gasteiger partial charge in [0.05, 0.1) is 0 Å². The molecule has 0 fully saturated rings. The molecule has 0 unspecified atom stereocenters. The summed E-state index contributed by atoms with van der Waals surface area (Å²) in [6.07, 6.45) is 3.79. The molecule has 15 heteroatoms. The topological polar surface area (TPSA) is 185 Å². The van der Waals surface area contributed by atoms with Crippen molar-refractivity contribution in [1.82, 2.24) is 45.6 Å². The van der Waals surface area contributed by atoms with Gasteiger partial charge in [0.2, 0.25) is 17.7 Å². The lowest BCUT2D eigenvalue weighted by molar-refractivity contribution is -0.134. The number of carbonyl (C=O) groups excluding carboxylic acids is 4. The van der Waals surface area contributed by atoms with Crippen LogP contribution in [0.5, 0.6) is 5.88 Å². The first-order valence-corrected chi connectivity index (χ1v) is 14.6. The lowest BCUT2D eigenvalue weighted by atomic mass is 10.0. The summed E-state index contributed by atoms with van der Waals surface area (Å²) >= 11 is 0. The Morgan fingerprint density at radius 1 is 0.956 bits per heavy atom. The van der Waals surface area contributed by atoms with Crippen LogP contribution in [0, 0.1) is 0 Å². The second-order valence-electron chi connectivity index (χ2n) is 10.3. The first kappa shape index (κ1) is 30.8. The van der Waals surface area contributed by atoms with Gasteiger partial charge in [-0.25, -0.2) is 0 Å². The molecular formula is C30H34N10O5. The van der Waals surface area contributed by atoms with Gasteiger partial charge in [0.25, 0.3) is 11.8 Å². The van der Waals surface area contributed by atoms with Gasteiger partial charge in [-0.3, -0.25) is 24.2 Å². The van der Waals surface area contributed by atoms with Crippen LogP contribution in [0.15, 0.2) is 67.1 Å². The first-order valence-electron chi connectivity index (χ1n) is 14.6. The quantitative estimate of drug-likeness (QED) is 0.242. The molecule has 0 saturated carbocycles. The second-order valence-corrected chi connectivity index (χ2v) is 10.3. The van der Waals surface area contributed by atoms with Crippen molar-refractivity contribution in [3.8, 4) is 5.88 Å². The third kappa shape index (κ3) is 8.95. The number of hydrogen-bond donors (Lipinski definition) is 4. The van der Waals surface area contributed by atoms with Gasteiger partial charge in [-0.2, -0.15) is 4.52 Å². The standard InChI is InChI=1S/C30H34N10O5/c41-26-7-4-15-39(28(42)19-45-27-9-8-25-37-35-20-40(25)38-27)16-14-34-29(43)24(17-21-5-2-1-3-6-21)36-30(44)23-18-22(10-11-32-23)31-12-13-33-26/h1-3,5-6,8-11,18,20,24,31H,4,7,12-17,19H2,(H,33,41)(H,34,43)(H,36,44)/t24-/m0/s1. The zero-order valence-electron chi connectivity index (χ0n) is 24.5. The van der Waals surface area contributed by atoms with Crippen LogP contribution in [0.3, 0.4) is 0 Å². The van der Waals surface area contributed by atoms with Crippen molar-refractivity contribution in [3.05, 3.63) is 78.4 Å². The van der Waals surface area contributed by atoms with Gasteiger partial charge in [0.15, 0.2) is 12.3 Å². The van der Waals surface area contributed by atoms with Crippen molar-refractivity contribution >= 4 is 35.0 Å². The number of pyridine rings is 1. The lowest BCUT2D eigenvalue weighted by Gasteiger charge is -2.24. The SMILES string of the molecule is O=C1CCCN(C(=O)COc2ccc3nncn3n2)CCNC(=O)[C@H](Cc2ccccc2)NC(=O)c2cc(ccn2)NCCN1. The van der Waals surface area contributed by atoms with E-state index in [0.29, 0.717) is 30.8 Å². The lowest BCUT2D eigenvalue weighted by Crippen LogP contribution is -2.50. The molecule has 0 spiro atoms. The van der Waals surface area contributed by atoms with Gasteiger partial charge in [0, 0.05) is 63.5 Å². The molecule has 4 amide bonds. The van der Waals surface area contributed by atoms with Crippen molar-refractivity contribution in [2.45, 2.75) is 25.3 Å². The van der Waals surface area contributed by atoms with E-state index >= 15 is 0 Å². The Kier molecular flexibility index (Phi) is 10.4. The van der Waals surface area contributed by atoms with Crippen LogP contribution in [0.2, 0.25) is 0 Å². The minimum absolute atomic E-state index is 0.112. The minimum Gasteiger partial charge on any atom is -0.467 e. The van der Waals surface area contributed by atoms with Crippen LogP contribution in [-0.4, -0.2) is 98.7 Å². The van der Waals surface area contributed by atoms with Crippen LogP contribution in [-0.2, 0) is 20.8 Å². The Bertz CT molecular complexity index is 1630. The number of aromatic nitrogens is 5. The maximum absolute atomic E-state index is 13.4. The maximum Gasteiger partial charge on any atom is 0.270 e. The van der Waals surface area contributed by atoms with Crippen LogP contribution in [0.25, 0.3) is 5.65 Å². The summed E-state index contributed by atoms with van der Waals surface area (Å²) in [5.74, 6) is -1.20. The fourth-order valence-electron chi connectivity index (χ4n) is 4.70. The van der Waals surface area contributed by atoms with Crippen molar-refractivity contribution < 1.29 is 23.9 Å². The molecule has 3 aromatic heterocycles. The summed E-state index contributed by atoms with van der Waals surface area (Å²) in [6.45, 7) is 1.02. The molecule has 4 heterocycles. The monoisotopic (exact) mass is 614 g/mol. The Morgan fingerprint density at radius 2 is 1.80 bits per heavy atom. The fourth-order valence-corrected chi connectivity index (χ4v) is 4.70. The predicted octanol–water partition coefficient (Wildman–Crippen LogP) is 0.206. The van der Waals surface area contributed by atoms with Crippen LogP contribution in [0.4, 0.5) is 5.69 Å². The highest BCUT2D eigenvalue weighted by Gasteiger charge is 2.23. The number of amides is 4. The number of rotatable bonds is 5. The van der Waals surface area contributed by atoms with E-state index in [1.807, 2.05) is 30.3 Å². The predicted molar refractivity (Wildman–Crippen MR) is 162 cm³/mol. The second kappa shape index (κ2) is 15.2. The highest BCUT2D eigenvalue weighted by molar-refractivity contribution is 5.96. The van der Waals surface area contributed by atoms with Gasteiger partial charge in [-0.05, 0) is 30.2 Å². The van der Waals surface area contributed by atoms with Crippen molar-refractivity contribution in [3.63, 3.8) is 0 Å². The summed E-state index contributed by atoms with van der Waals surface area (Å²) in [5.41, 5.74) is 2.19. The molecule has 45 heavy (non-hydrogen) atoms. The Hall–Kier alpha value is -5.60. The van der Waals surface area contributed by atoms with Gasteiger partial charge in [-0.15, -0.1) is 15.3 Å². The van der Waals surface area contributed by atoms with Gasteiger partial charge in [0.1, 0.15) is 18.1 Å². The Balaban J connectivity index is 1.28. The summed E-state index contributed by atoms with van der Waals surface area (Å²) in [4.78, 5) is 57.9. The summed E-state index contributed by atoms with van der Waals surface area (Å²) < 4.78 is 7.06. The Labute approximate surface area is 258 Å². The Morgan fingerprint density at radius 3 is 2.67 bits per heavy atom. The molecule has 1 aliphatic rings. The molecule has 0 saturated heterocycles. The number of nitrogens with zero attached hydrogens (tertiary/aromatic N) is 6. The van der Waals surface area contributed by atoms with E-state index in [9.17, 15) is 19.2 Å². The highest BCUT2D eigenvalue weighted by atomic mass is 16.5. The molecule has 4 aromatic rings. The number of ether oxygens (including phenoxy) is 1. The summed E-state index contributed by atoms with van der Waals surface area (Å²) in [7, 11) is 0. The van der Waals surface area contributed by atoms with E-state index in [-0.39, 0.29) is 62.5 Å². The molecule has 1 atom stereocenters. The van der Waals surface area contributed by atoms with Crippen LogP contribution >= 0.6 is 0 Å². The highest BCUT2D eigenvalue weighted by Crippen LogP contribution is 2.10. The largest absolute Gasteiger partial charge is 0.467 e. The van der Waals surface area contributed by atoms with Crippen molar-refractivity contribution in [2.24, 2.45) is 0 Å². The van der Waals surface area contributed by atoms with E-state index in [2.05, 4.69) is 41.5 Å². The van der Waals surface area contributed by atoms with E-state index < -0.39 is 17.9 Å². The molecule has 0 radical (unpaired) electrons. The third-order valence-corrected chi connectivity index (χ3v) is 7.02. The zero-order valence-corrected chi connectivity index (χ0v) is 24.5. The van der Waals surface area contributed by atoms with E-state index in [0.717, 1.165) is 5.56 Å². The molecule has 1 aliphatic heterocycles. The smallest absolute Gasteiger partial charge is 0.270 e. The normalized spacial score (nSPS) is 17.1. The average molecular weight is 615 g/mol. The molecule has 2 bridgehead atoms. The van der Waals surface area contributed by atoms with Crippen LogP contribution in [0.1, 0.15) is 28.9 Å².